The first-order chi connectivity index (χ1) is 13.0. The molecule has 4 heteroatoms. The third-order valence-corrected chi connectivity index (χ3v) is 5.21. The van der Waals surface area contributed by atoms with Gasteiger partial charge in [0.2, 0.25) is 5.95 Å². The summed E-state index contributed by atoms with van der Waals surface area (Å²) >= 11 is 0. The molecule has 0 saturated heterocycles. The van der Waals surface area contributed by atoms with Gasteiger partial charge in [-0.05, 0) is 43.9 Å². The van der Waals surface area contributed by atoms with Gasteiger partial charge in [-0.3, -0.25) is 0 Å². The molecule has 0 saturated carbocycles. The van der Waals surface area contributed by atoms with Gasteiger partial charge in [-0.25, -0.2) is 4.98 Å². The minimum absolute atomic E-state index is 0.00580. The Morgan fingerprint density at radius 3 is 2.44 bits per heavy atom. The second-order valence-electron chi connectivity index (χ2n) is 7.87. The lowest BCUT2D eigenvalue weighted by Gasteiger charge is -2.44. The monoisotopic (exact) mass is 358 g/mol. The number of aryl methyl sites for hydroxylation is 1. The van der Waals surface area contributed by atoms with Crippen LogP contribution in [0.25, 0.3) is 0 Å². The normalized spacial score (nSPS) is 15.3. The van der Waals surface area contributed by atoms with E-state index in [9.17, 15) is 0 Å². The van der Waals surface area contributed by atoms with E-state index in [0.29, 0.717) is 5.95 Å². The average Bonchev–Trinajstić information content (AvgIpc) is 2.65. The van der Waals surface area contributed by atoms with Gasteiger partial charge in [-0.1, -0.05) is 54.6 Å². The summed E-state index contributed by atoms with van der Waals surface area (Å²) in [7, 11) is 0. The minimum Gasteiger partial charge on any atom is -0.350 e. The summed E-state index contributed by atoms with van der Waals surface area (Å²) in [5.41, 5.74) is 5.02. The molecule has 0 bridgehead atoms. The topological polar surface area (TPSA) is 41.1 Å². The third kappa shape index (κ3) is 3.80. The number of anilines is 2. The van der Waals surface area contributed by atoms with Crippen LogP contribution in [0.5, 0.6) is 0 Å². The molecule has 1 aliphatic heterocycles. The third-order valence-electron chi connectivity index (χ3n) is 5.21. The Labute approximate surface area is 161 Å². The van der Waals surface area contributed by atoms with E-state index in [1.165, 1.54) is 16.7 Å². The molecule has 0 atom stereocenters. The van der Waals surface area contributed by atoms with E-state index in [2.05, 4.69) is 71.5 Å². The molecule has 0 fully saturated rings. The fraction of sp³-hybridized carbons (Fsp3) is 0.304. The van der Waals surface area contributed by atoms with Gasteiger partial charge >= 0.3 is 0 Å². The van der Waals surface area contributed by atoms with Crippen molar-refractivity contribution in [1.29, 1.82) is 0 Å². The lowest BCUT2D eigenvalue weighted by atomic mass is 9.85. The van der Waals surface area contributed by atoms with Gasteiger partial charge in [-0.2, -0.15) is 4.98 Å². The highest BCUT2D eigenvalue weighted by atomic mass is 15.3. The fourth-order valence-electron chi connectivity index (χ4n) is 3.77. The molecule has 0 spiro atoms. The molecule has 3 aromatic rings. The fourth-order valence-corrected chi connectivity index (χ4v) is 3.77. The van der Waals surface area contributed by atoms with Crippen molar-refractivity contribution >= 4 is 11.8 Å². The van der Waals surface area contributed by atoms with Crippen LogP contribution >= 0.6 is 0 Å². The van der Waals surface area contributed by atoms with Gasteiger partial charge in [0.25, 0.3) is 0 Å². The highest BCUT2D eigenvalue weighted by molar-refractivity contribution is 5.51. The summed E-state index contributed by atoms with van der Waals surface area (Å²) in [5.74, 6) is 1.67. The van der Waals surface area contributed by atoms with Crippen molar-refractivity contribution in [2.24, 2.45) is 0 Å². The second kappa shape index (κ2) is 7.03. The zero-order valence-electron chi connectivity index (χ0n) is 16.2. The first-order valence-corrected chi connectivity index (χ1v) is 9.49. The smallest absolute Gasteiger partial charge is 0.225 e. The molecule has 0 aliphatic carbocycles. The summed E-state index contributed by atoms with van der Waals surface area (Å²) in [4.78, 5) is 11.8. The van der Waals surface area contributed by atoms with Gasteiger partial charge in [0.15, 0.2) is 0 Å². The van der Waals surface area contributed by atoms with E-state index >= 15 is 0 Å². The van der Waals surface area contributed by atoms with Crippen LogP contribution in [0.3, 0.4) is 0 Å². The van der Waals surface area contributed by atoms with E-state index < -0.39 is 0 Å². The number of hydrogen-bond acceptors (Lipinski definition) is 4. The van der Waals surface area contributed by atoms with Crippen molar-refractivity contribution in [3.8, 4) is 0 Å². The van der Waals surface area contributed by atoms with Crippen molar-refractivity contribution in [3.63, 3.8) is 0 Å². The zero-order valence-corrected chi connectivity index (χ0v) is 16.2. The van der Waals surface area contributed by atoms with Crippen LogP contribution in [0.4, 0.5) is 11.8 Å². The standard InChI is InChI=1S/C23H26N4/c1-17-13-21(26-22(25-17)24-15-18-9-5-4-6-10-18)27-16-20-12-8-7-11-19(20)14-23(27,2)3/h4-13H,14-16H2,1-3H3,(H,24,25,26). The SMILES string of the molecule is Cc1cc(N2Cc3ccccc3CC2(C)C)nc(NCc2ccccc2)n1. The van der Waals surface area contributed by atoms with E-state index in [-0.39, 0.29) is 5.54 Å². The molecule has 1 aliphatic rings. The lowest BCUT2D eigenvalue weighted by molar-refractivity contribution is 0.427. The second-order valence-corrected chi connectivity index (χ2v) is 7.87. The van der Waals surface area contributed by atoms with Crippen molar-refractivity contribution < 1.29 is 0 Å². The Bertz CT molecular complexity index is 934. The first-order valence-electron chi connectivity index (χ1n) is 9.49. The van der Waals surface area contributed by atoms with Crippen molar-refractivity contribution in [3.05, 3.63) is 83.0 Å². The minimum atomic E-state index is 0.00580. The molecule has 4 nitrogen and oxygen atoms in total. The Morgan fingerprint density at radius 2 is 1.67 bits per heavy atom. The van der Waals surface area contributed by atoms with Crippen LogP contribution in [-0.4, -0.2) is 15.5 Å². The quantitative estimate of drug-likeness (QED) is 0.731. The van der Waals surface area contributed by atoms with E-state index in [1.807, 2.05) is 25.1 Å². The molecule has 1 N–H and O–H groups in total. The van der Waals surface area contributed by atoms with Gasteiger partial charge in [-0.15, -0.1) is 0 Å². The first kappa shape index (κ1) is 17.5. The Hall–Kier alpha value is -2.88. The Balaban J connectivity index is 1.61. The van der Waals surface area contributed by atoms with Crippen molar-refractivity contribution in [2.75, 3.05) is 10.2 Å². The largest absolute Gasteiger partial charge is 0.350 e. The molecule has 4 rings (SSSR count). The van der Waals surface area contributed by atoms with Crippen LogP contribution in [0, 0.1) is 6.92 Å². The van der Waals surface area contributed by atoms with Crippen LogP contribution in [0.15, 0.2) is 60.7 Å². The summed E-state index contributed by atoms with van der Waals surface area (Å²) < 4.78 is 0. The number of aromatic nitrogens is 2. The maximum absolute atomic E-state index is 4.84. The molecule has 0 amide bonds. The Kier molecular flexibility index (Phi) is 4.56. The number of nitrogens with zero attached hydrogens (tertiary/aromatic N) is 3. The number of benzene rings is 2. The van der Waals surface area contributed by atoms with Crippen LogP contribution in [-0.2, 0) is 19.5 Å². The van der Waals surface area contributed by atoms with E-state index in [0.717, 1.165) is 31.0 Å². The summed E-state index contributed by atoms with van der Waals surface area (Å²) in [6, 6.07) is 21.1. The molecule has 27 heavy (non-hydrogen) atoms. The summed E-state index contributed by atoms with van der Waals surface area (Å²) in [6.07, 6.45) is 1.01. The highest BCUT2D eigenvalue weighted by Gasteiger charge is 2.33. The number of fused-ring (bicyclic) bond motifs is 1. The van der Waals surface area contributed by atoms with E-state index in [4.69, 9.17) is 4.98 Å². The Morgan fingerprint density at radius 1 is 0.963 bits per heavy atom. The van der Waals surface area contributed by atoms with Gasteiger partial charge < -0.3 is 10.2 Å². The maximum atomic E-state index is 4.84. The predicted molar refractivity (Wildman–Crippen MR) is 111 cm³/mol. The molecular weight excluding hydrogens is 332 g/mol. The maximum Gasteiger partial charge on any atom is 0.225 e. The van der Waals surface area contributed by atoms with Gasteiger partial charge in [0.05, 0.1) is 0 Å². The van der Waals surface area contributed by atoms with Crippen molar-refractivity contribution in [2.45, 2.75) is 45.8 Å². The zero-order chi connectivity index (χ0) is 18.9. The van der Waals surface area contributed by atoms with Gasteiger partial charge in [0.1, 0.15) is 5.82 Å². The number of rotatable bonds is 4. The summed E-state index contributed by atoms with van der Waals surface area (Å²) in [5, 5.41) is 3.38. The van der Waals surface area contributed by atoms with Gasteiger partial charge in [0, 0.05) is 30.4 Å². The molecule has 2 aromatic carbocycles. The average molecular weight is 358 g/mol. The van der Waals surface area contributed by atoms with Crippen LogP contribution in [0.1, 0.15) is 36.2 Å². The summed E-state index contributed by atoms with van der Waals surface area (Å²) in [6.45, 7) is 8.20. The number of hydrogen-bond donors (Lipinski definition) is 1. The number of nitrogens with one attached hydrogen (secondary N) is 1. The van der Waals surface area contributed by atoms with Crippen LogP contribution in [0.2, 0.25) is 0 Å². The molecule has 0 radical (unpaired) electrons. The van der Waals surface area contributed by atoms with Crippen LogP contribution < -0.4 is 10.2 Å². The highest BCUT2D eigenvalue weighted by Crippen LogP contribution is 2.34. The molecular formula is C23H26N4. The molecule has 1 aromatic heterocycles. The van der Waals surface area contributed by atoms with E-state index in [1.54, 1.807) is 0 Å². The van der Waals surface area contributed by atoms with Crippen molar-refractivity contribution in [1.82, 2.24) is 9.97 Å². The molecule has 138 valence electrons. The molecule has 0 unspecified atom stereocenters. The lowest BCUT2D eigenvalue weighted by Crippen LogP contribution is -2.49. The molecule has 2 heterocycles. The predicted octanol–water partition coefficient (Wildman–Crippen LogP) is 4.74.